The molecule has 0 atom stereocenters. The molecule has 0 saturated carbocycles. The summed E-state index contributed by atoms with van der Waals surface area (Å²) in [4.78, 5) is 17.3. The SMILES string of the molecule is CC(C)(C)N(CCCCCN)C(=O)ON. The Hall–Kier alpha value is -0.810. The van der Waals surface area contributed by atoms with Crippen LogP contribution in [0.3, 0.4) is 0 Å². The quantitative estimate of drug-likeness (QED) is 0.536. The van der Waals surface area contributed by atoms with Gasteiger partial charge < -0.3 is 15.5 Å². The van der Waals surface area contributed by atoms with E-state index in [1.165, 1.54) is 0 Å². The van der Waals surface area contributed by atoms with Gasteiger partial charge in [0.2, 0.25) is 0 Å². The fourth-order valence-electron chi connectivity index (χ4n) is 1.36. The molecule has 15 heavy (non-hydrogen) atoms. The van der Waals surface area contributed by atoms with E-state index in [1.807, 2.05) is 20.8 Å². The van der Waals surface area contributed by atoms with Crippen molar-refractivity contribution in [1.82, 2.24) is 4.90 Å². The molecule has 0 aliphatic heterocycles. The van der Waals surface area contributed by atoms with Gasteiger partial charge in [-0.2, -0.15) is 5.90 Å². The van der Waals surface area contributed by atoms with Crippen LogP contribution in [0.5, 0.6) is 0 Å². The topological polar surface area (TPSA) is 81.6 Å². The maximum atomic E-state index is 11.4. The highest BCUT2D eigenvalue weighted by atomic mass is 16.7. The van der Waals surface area contributed by atoms with E-state index >= 15 is 0 Å². The Morgan fingerprint density at radius 3 is 2.27 bits per heavy atom. The van der Waals surface area contributed by atoms with E-state index in [0.29, 0.717) is 13.1 Å². The van der Waals surface area contributed by atoms with Crippen LogP contribution in [0, 0.1) is 0 Å². The molecule has 0 aliphatic rings. The predicted octanol–water partition coefficient (Wildman–Crippen LogP) is 1.23. The Kier molecular flexibility index (Phi) is 6.27. The van der Waals surface area contributed by atoms with Gasteiger partial charge in [-0.25, -0.2) is 4.79 Å². The highest BCUT2D eigenvalue weighted by Crippen LogP contribution is 2.15. The molecule has 0 spiro atoms. The third kappa shape index (κ3) is 5.59. The minimum absolute atomic E-state index is 0.265. The van der Waals surface area contributed by atoms with Crippen LogP contribution < -0.4 is 11.6 Å². The Labute approximate surface area is 91.7 Å². The van der Waals surface area contributed by atoms with Crippen LogP contribution in [-0.4, -0.2) is 29.6 Å². The summed E-state index contributed by atoms with van der Waals surface area (Å²) in [5, 5.41) is 0. The lowest BCUT2D eigenvalue weighted by Crippen LogP contribution is -2.47. The Bertz CT molecular complexity index is 190. The van der Waals surface area contributed by atoms with Crippen LogP contribution in [0.15, 0.2) is 0 Å². The van der Waals surface area contributed by atoms with E-state index in [2.05, 4.69) is 4.84 Å². The molecule has 0 saturated heterocycles. The first-order chi connectivity index (χ1) is 6.93. The summed E-state index contributed by atoms with van der Waals surface area (Å²) >= 11 is 0. The molecule has 5 nitrogen and oxygen atoms in total. The highest BCUT2D eigenvalue weighted by Gasteiger charge is 2.26. The molecular formula is C10H23N3O2. The lowest BCUT2D eigenvalue weighted by atomic mass is 10.1. The molecule has 0 aromatic rings. The van der Waals surface area contributed by atoms with E-state index < -0.39 is 6.09 Å². The highest BCUT2D eigenvalue weighted by molar-refractivity contribution is 5.68. The lowest BCUT2D eigenvalue weighted by molar-refractivity contribution is 0.0668. The van der Waals surface area contributed by atoms with Crippen LogP contribution in [0.25, 0.3) is 0 Å². The van der Waals surface area contributed by atoms with Gasteiger partial charge in [0.05, 0.1) is 0 Å². The number of rotatable bonds is 5. The van der Waals surface area contributed by atoms with Crippen molar-refractivity contribution in [1.29, 1.82) is 0 Å². The van der Waals surface area contributed by atoms with Crippen molar-refractivity contribution in [2.24, 2.45) is 11.6 Å². The van der Waals surface area contributed by atoms with Crippen LogP contribution in [0.2, 0.25) is 0 Å². The molecule has 0 heterocycles. The van der Waals surface area contributed by atoms with Crippen LogP contribution in [-0.2, 0) is 4.84 Å². The first-order valence-corrected chi connectivity index (χ1v) is 5.32. The zero-order valence-corrected chi connectivity index (χ0v) is 9.95. The summed E-state index contributed by atoms with van der Waals surface area (Å²) in [6.07, 6.45) is 2.44. The average Bonchev–Trinajstić information content (AvgIpc) is 2.15. The molecule has 0 aromatic heterocycles. The molecule has 4 N–H and O–H groups in total. The zero-order valence-electron chi connectivity index (χ0n) is 9.95. The van der Waals surface area contributed by atoms with E-state index in [1.54, 1.807) is 4.90 Å². The van der Waals surface area contributed by atoms with Crippen molar-refractivity contribution in [3.8, 4) is 0 Å². The van der Waals surface area contributed by atoms with E-state index in [0.717, 1.165) is 19.3 Å². The first-order valence-electron chi connectivity index (χ1n) is 5.32. The van der Waals surface area contributed by atoms with Crippen molar-refractivity contribution < 1.29 is 9.63 Å². The summed E-state index contributed by atoms with van der Waals surface area (Å²) in [5.41, 5.74) is 5.13. The molecule has 0 bridgehead atoms. The molecule has 0 aromatic carbocycles. The van der Waals surface area contributed by atoms with E-state index in [-0.39, 0.29) is 5.54 Å². The normalized spacial score (nSPS) is 11.3. The molecule has 0 radical (unpaired) electrons. The van der Waals surface area contributed by atoms with Gasteiger partial charge in [0.25, 0.3) is 0 Å². The minimum atomic E-state index is -0.477. The maximum absolute atomic E-state index is 11.4. The standard InChI is InChI=1S/C10H23N3O2/c1-10(2,3)13(9(14)15-12)8-6-4-5-7-11/h4-8,11-12H2,1-3H3. The van der Waals surface area contributed by atoms with Crippen molar-refractivity contribution in [3.05, 3.63) is 0 Å². The number of hydrogen-bond acceptors (Lipinski definition) is 4. The summed E-state index contributed by atoms with van der Waals surface area (Å²) in [6, 6.07) is 0. The smallest absolute Gasteiger partial charge is 0.357 e. The lowest BCUT2D eigenvalue weighted by Gasteiger charge is -2.33. The number of carbonyl (C=O) groups excluding carboxylic acids is 1. The number of nitrogens with zero attached hydrogens (tertiary/aromatic N) is 1. The summed E-state index contributed by atoms with van der Waals surface area (Å²) in [5.74, 6) is 4.89. The number of unbranched alkanes of at least 4 members (excludes halogenated alkanes) is 2. The Morgan fingerprint density at radius 1 is 1.27 bits per heavy atom. The number of nitrogens with two attached hydrogens (primary N) is 2. The average molecular weight is 217 g/mol. The second-order valence-electron chi connectivity index (χ2n) is 4.56. The molecule has 0 rings (SSSR count). The molecule has 90 valence electrons. The number of hydrogen-bond donors (Lipinski definition) is 2. The minimum Gasteiger partial charge on any atom is -0.357 e. The molecule has 1 amide bonds. The number of amides is 1. The molecule has 5 heteroatoms. The Balaban J connectivity index is 4.09. The predicted molar refractivity (Wildman–Crippen MR) is 60.0 cm³/mol. The van der Waals surface area contributed by atoms with E-state index in [4.69, 9.17) is 11.6 Å². The van der Waals surface area contributed by atoms with Gasteiger partial charge in [-0.15, -0.1) is 0 Å². The maximum Gasteiger partial charge on any atom is 0.428 e. The Morgan fingerprint density at radius 2 is 1.87 bits per heavy atom. The zero-order chi connectivity index (χ0) is 11.9. The third-order valence-corrected chi connectivity index (χ3v) is 2.22. The molecule has 0 fully saturated rings. The van der Waals surface area contributed by atoms with E-state index in [9.17, 15) is 4.79 Å². The summed E-state index contributed by atoms with van der Waals surface area (Å²) in [6.45, 7) is 7.20. The monoisotopic (exact) mass is 217 g/mol. The van der Waals surface area contributed by atoms with Crippen molar-refractivity contribution >= 4 is 6.09 Å². The third-order valence-electron chi connectivity index (χ3n) is 2.22. The summed E-state index contributed by atoms with van der Waals surface area (Å²) < 4.78 is 0. The van der Waals surface area contributed by atoms with Gasteiger partial charge in [0.15, 0.2) is 0 Å². The van der Waals surface area contributed by atoms with Gasteiger partial charge in [-0.05, 0) is 40.2 Å². The second kappa shape index (κ2) is 6.63. The van der Waals surface area contributed by atoms with Crippen molar-refractivity contribution in [3.63, 3.8) is 0 Å². The fraction of sp³-hybridized carbons (Fsp3) is 0.900. The van der Waals surface area contributed by atoms with Crippen LogP contribution >= 0.6 is 0 Å². The van der Waals surface area contributed by atoms with Gasteiger partial charge in [0, 0.05) is 12.1 Å². The van der Waals surface area contributed by atoms with Gasteiger partial charge in [-0.1, -0.05) is 6.42 Å². The molecule has 0 aliphatic carbocycles. The number of carbonyl (C=O) groups is 1. The molecular weight excluding hydrogens is 194 g/mol. The van der Waals surface area contributed by atoms with Crippen LogP contribution in [0.1, 0.15) is 40.0 Å². The van der Waals surface area contributed by atoms with Gasteiger partial charge in [-0.3, -0.25) is 0 Å². The van der Waals surface area contributed by atoms with Crippen molar-refractivity contribution in [2.75, 3.05) is 13.1 Å². The first kappa shape index (κ1) is 14.2. The van der Waals surface area contributed by atoms with Crippen LogP contribution in [0.4, 0.5) is 4.79 Å². The second-order valence-corrected chi connectivity index (χ2v) is 4.56. The van der Waals surface area contributed by atoms with Gasteiger partial charge >= 0.3 is 6.09 Å². The largest absolute Gasteiger partial charge is 0.428 e. The van der Waals surface area contributed by atoms with Crippen molar-refractivity contribution in [2.45, 2.75) is 45.6 Å². The molecule has 0 unspecified atom stereocenters. The fourth-order valence-corrected chi connectivity index (χ4v) is 1.36. The summed E-state index contributed by atoms with van der Waals surface area (Å²) in [7, 11) is 0. The van der Waals surface area contributed by atoms with Gasteiger partial charge in [0.1, 0.15) is 0 Å².